The van der Waals surface area contributed by atoms with Crippen LogP contribution in [0.5, 0.6) is 0 Å². The van der Waals surface area contributed by atoms with Crippen molar-refractivity contribution in [1.29, 1.82) is 0 Å². The summed E-state index contributed by atoms with van der Waals surface area (Å²) in [6, 6.07) is 6.03. The van der Waals surface area contributed by atoms with Crippen LogP contribution in [-0.2, 0) is 22.4 Å². The molecule has 0 radical (unpaired) electrons. The second-order valence-electron chi connectivity index (χ2n) is 5.43. The number of halogens is 1. The van der Waals surface area contributed by atoms with E-state index in [0.29, 0.717) is 0 Å². The number of carbonyl (C=O) groups is 1. The lowest BCUT2D eigenvalue weighted by molar-refractivity contribution is -0.144. The van der Waals surface area contributed by atoms with Gasteiger partial charge in [0.25, 0.3) is 0 Å². The Morgan fingerprint density at radius 3 is 2.68 bits per heavy atom. The first-order chi connectivity index (χ1) is 9.01. The van der Waals surface area contributed by atoms with Gasteiger partial charge in [-0.3, -0.25) is 4.79 Å². The van der Waals surface area contributed by atoms with Crippen LogP contribution in [0, 0.1) is 5.92 Å². The van der Waals surface area contributed by atoms with Crippen molar-refractivity contribution in [3.05, 3.63) is 34.3 Å². The fraction of sp³-hybridized carbons (Fsp3) is 0.533. The van der Waals surface area contributed by atoms with Gasteiger partial charge in [-0.2, -0.15) is 0 Å². The van der Waals surface area contributed by atoms with Crippen molar-refractivity contribution < 1.29 is 9.53 Å². The first-order valence-electron chi connectivity index (χ1n) is 6.62. The largest absolute Gasteiger partial charge is 0.468 e. The number of ether oxygens (including phenoxy) is 1. The van der Waals surface area contributed by atoms with Gasteiger partial charge in [-0.1, -0.05) is 31.5 Å². The van der Waals surface area contributed by atoms with Crippen molar-refractivity contribution in [2.24, 2.45) is 5.92 Å². The van der Waals surface area contributed by atoms with Crippen LogP contribution in [0.15, 0.2) is 18.2 Å². The van der Waals surface area contributed by atoms with Crippen LogP contribution in [0.2, 0.25) is 5.02 Å². The molecule has 1 aliphatic carbocycles. The number of rotatable bonds is 4. The molecule has 3 nitrogen and oxygen atoms in total. The quantitative estimate of drug-likeness (QED) is 0.862. The third-order valence-electron chi connectivity index (χ3n) is 3.64. The molecule has 4 heteroatoms. The lowest BCUT2D eigenvalue weighted by Gasteiger charge is -2.23. The zero-order valence-corrected chi connectivity index (χ0v) is 12.3. The number of esters is 1. The molecule has 0 saturated heterocycles. The third kappa shape index (κ3) is 3.28. The molecule has 0 spiro atoms. The highest BCUT2D eigenvalue weighted by Crippen LogP contribution is 2.26. The summed E-state index contributed by atoms with van der Waals surface area (Å²) in [5, 5.41) is 4.19. The molecule has 1 aliphatic rings. The summed E-state index contributed by atoms with van der Waals surface area (Å²) in [5.41, 5.74) is 2.59. The molecule has 0 fully saturated rings. The molecular formula is C15H20ClNO2. The molecule has 104 valence electrons. The summed E-state index contributed by atoms with van der Waals surface area (Å²) in [6.45, 7) is 4.04. The zero-order chi connectivity index (χ0) is 14.0. The number of hydrogen-bond acceptors (Lipinski definition) is 3. The summed E-state index contributed by atoms with van der Waals surface area (Å²) < 4.78 is 4.86. The molecule has 19 heavy (non-hydrogen) atoms. The molecule has 0 saturated carbocycles. The Balaban J connectivity index is 2.04. The van der Waals surface area contributed by atoms with Crippen LogP contribution in [0.3, 0.4) is 0 Å². The van der Waals surface area contributed by atoms with Gasteiger partial charge < -0.3 is 10.1 Å². The van der Waals surface area contributed by atoms with Gasteiger partial charge in [0.15, 0.2) is 0 Å². The Labute approximate surface area is 119 Å². The minimum atomic E-state index is -0.250. The standard InChI is InChI=1S/C15H20ClNO2/c1-9(2)14(15(18)19-3)17-13-7-10-4-5-12(16)6-11(10)8-13/h4-6,9,13-14,17H,7-8H2,1-3H3. The van der Waals surface area contributed by atoms with E-state index in [1.165, 1.54) is 18.2 Å². The Kier molecular flexibility index (Phi) is 4.48. The summed E-state index contributed by atoms with van der Waals surface area (Å²) in [5.74, 6) is 0.0174. The number of fused-ring (bicyclic) bond motifs is 1. The molecule has 2 unspecified atom stereocenters. The van der Waals surface area contributed by atoms with E-state index >= 15 is 0 Å². The van der Waals surface area contributed by atoms with Crippen LogP contribution in [0.25, 0.3) is 0 Å². The van der Waals surface area contributed by atoms with E-state index in [9.17, 15) is 4.79 Å². The van der Waals surface area contributed by atoms with Gasteiger partial charge in [0, 0.05) is 11.1 Å². The van der Waals surface area contributed by atoms with Gasteiger partial charge in [-0.15, -0.1) is 0 Å². The highest BCUT2D eigenvalue weighted by atomic mass is 35.5. The third-order valence-corrected chi connectivity index (χ3v) is 3.87. The number of carbonyl (C=O) groups excluding carboxylic acids is 1. The van der Waals surface area contributed by atoms with Crippen molar-refractivity contribution in [3.63, 3.8) is 0 Å². The molecular weight excluding hydrogens is 262 g/mol. The van der Waals surface area contributed by atoms with E-state index in [0.717, 1.165) is 17.9 Å². The molecule has 1 N–H and O–H groups in total. The van der Waals surface area contributed by atoms with Crippen LogP contribution in [0.4, 0.5) is 0 Å². The molecule has 0 aromatic heterocycles. The zero-order valence-electron chi connectivity index (χ0n) is 11.6. The molecule has 0 aliphatic heterocycles. The average Bonchev–Trinajstić information content (AvgIpc) is 2.76. The highest BCUT2D eigenvalue weighted by molar-refractivity contribution is 6.30. The highest BCUT2D eigenvalue weighted by Gasteiger charge is 2.29. The Hall–Kier alpha value is -1.06. The van der Waals surface area contributed by atoms with Gasteiger partial charge in [0.1, 0.15) is 6.04 Å². The van der Waals surface area contributed by atoms with E-state index < -0.39 is 0 Å². The Morgan fingerprint density at radius 2 is 2.05 bits per heavy atom. The average molecular weight is 282 g/mol. The minimum absolute atomic E-state index is 0.191. The summed E-state index contributed by atoms with van der Waals surface area (Å²) in [6.07, 6.45) is 1.85. The maximum atomic E-state index is 11.8. The van der Waals surface area contributed by atoms with Gasteiger partial charge in [-0.05, 0) is 42.0 Å². The molecule has 0 amide bonds. The van der Waals surface area contributed by atoms with Crippen molar-refractivity contribution in [2.45, 2.75) is 38.8 Å². The smallest absolute Gasteiger partial charge is 0.323 e. The number of nitrogens with one attached hydrogen (secondary N) is 1. The lowest BCUT2D eigenvalue weighted by Crippen LogP contribution is -2.47. The number of benzene rings is 1. The second-order valence-corrected chi connectivity index (χ2v) is 5.87. The van der Waals surface area contributed by atoms with E-state index in [2.05, 4.69) is 11.4 Å². The van der Waals surface area contributed by atoms with E-state index in [4.69, 9.17) is 16.3 Å². The fourth-order valence-corrected chi connectivity index (χ4v) is 2.81. The molecule has 0 bridgehead atoms. The van der Waals surface area contributed by atoms with Crippen LogP contribution in [0.1, 0.15) is 25.0 Å². The molecule has 2 atom stereocenters. The van der Waals surface area contributed by atoms with Crippen molar-refractivity contribution in [3.8, 4) is 0 Å². The maximum absolute atomic E-state index is 11.8. The first-order valence-corrected chi connectivity index (χ1v) is 7.00. The van der Waals surface area contributed by atoms with Crippen LogP contribution in [-0.4, -0.2) is 25.2 Å². The predicted molar refractivity (Wildman–Crippen MR) is 76.4 cm³/mol. The first kappa shape index (κ1) is 14.4. The number of hydrogen-bond donors (Lipinski definition) is 1. The summed E-state index contributed by atoms with van der Waals surface area (Å²) in [4.78, 5) is 11.8. The van der Waals surface area contributed by atoms with Crippen LogP contribution >= 0.6 is 11.6 Å². The monoisotopic (exact) mass is 281 g/mol. The second kappa shape index (κ2) is 5.93. The van der Waals surface area contributed by atoms with Gasteiger partial charge >= 0.3 is 5.97 Å². The van der Waals surface area contributed by atoms with Gasteiger partial charge in [-0.25, -0.2) is 0 Å². The van der Waals surface area contributed by atoms with Gasteiger partial charge in [0.05, 0.1) is 7.11 Å². The molecule has 2 rings (SSSR count). The Morgan fingerprint density at radius 1 is 1.37 bits per heavy atom. The summed E-state index contributed by atoms with van der Waals surface area (Å²) in [7, 11) is 1.43. The van der Waals surface area contributed by atoms with E-state index in [1.54, 1.807) is 0 Å². The molecule has 1 aromatic carbocycles. The Bertz CT molecular complexity index is 473. The fourth-order valence-electron chi connectivity index (χ4n) is 2.62. The predicted octanol–water partition coefficient (Wildman–Crippen LogP) is 2.59. The molecule has 0 heterocycles. The van der Waals surface area contributed by atoms with Crippen molar-refractivity contribution in [1.82, 2.24) is 5.32 Å². The lowest BCUT2D eigenvalue weighted by atomic mass is 10.0. The summed E-state index contributed by atoms with van der Waals surface area (Å²) >= 11 is 6.01. The number of methoxy groups -OCH3 is 1. The normalized spacial score (nSPS) is 19.3. The SMILES string of the molecule is COC(=O)C(NC1Cc2ccc(Cl)cc2C1)C(C)C. The van der Waals surface area contributed by atoms with Crippen molar-refractivity contribution >= 4 is 17.6 Å². The maximum Gasteiger partial charge on any atom is 0.323 e. The van der Waals surface area contributed by atoms with E-state index in [-0.39, 0.29) is 24.0 Å². The van der Waals surface area contributed by atoms with Gasteiger partial charge in [0.2, 0.25) is 0 Å². The van der Waals surface area contributed by atoms with Crippen LogP contribution < -0.4 is 5.32 Å². The minimum Gasteiger partial charge on any atom is -0.468 e. The van der Waals surface area contributed by atoms with Crippen molar-refractivity contribution in [2.75, 3.05) is 7.11 Å². The molecule has 1 aromatic rings. The van der Waals surface area contributed by atoms with E-state index in [1.807, 2.05) is 26.0 Å². The topological polar surface area (TPSA) is 38.3 Å².